The third kappa shape index (κ3) is 5.39. The molecule has 196 valence electrons. The summed E-state index contributed by atoms with van der Waals surface area (Å²) in [6.45, 7) is 6.31. The van der Waals surface area contributed by atoms with Crippen molar-refractivity contribution in [2.45, 2.75) is 44.2 Å². The van der Waals surface area contributed by atoms with Crippen LogP contribution in [0.3, 0.4) is 0 Å². The maximum atomic E-state index is 14.0. The van der Waals surface area contributed by atoms with Gasteiger partial charge >= 0.3 is 0 Å². The van der Waals surface area contributed by atoms with Crippen molar-refractivity contribution in [3.8, 4) is 0 Å². The molecule has 4 heterocycles. The van der Waals surface area contributed by atoms with Crippen LogP contribution < -0.4 is 16.2 Å². The number of amides is 2. The fourth-order valence-corrected chi connectivity index (χ4v) is 6.90. The quantitative estimate of drug-likeness (QED) is 0.425. The van der Waals surface area contributed by atoms with Gasteiger partial charge in [-0.1, -0.05) is 19.9 Å². The summed E-state index contributed by atoms with van der Waals surface area (Å²) in [5, 5.41) is 4.79. The van der Waals surface area contributed by atoms with Gasteiger partial charge in [-0.25, -0.2) is 8.42 Å². The molecule has 11 nitrogen and oxygen atoms in total. The summed E-state index contributed by atoms with van der Waals surface area (Å²) in [6.07, 6.45) is 1.68. The fourth-order valence-electron chi connectivity index (χ4n) is 5.10. The monoisotopic (exact) mass is 519 g/mol. The predicted molar refractivity (Wildman–Crippen MR) is 132 cm³/mol. The molecule has 1 aromatic rings. The van der Waals surface area contributed by atoms with Crippen molar-refractivity contribution in [2.75, 3.05) is 32.7 Å². The first-order chi connectivity index (χ1) is 17.1. The van der Waals surface area contributed by atoms with E-state index in [2.05, 4.69) is 15.6 Å². The van der Waals surface area contributed by atoms with Crippen LogP contribution in [-0.2, 0) is 30.0 Å². The first kappa shape index (κ1) is 26.1. The first-order valence-electron chi connectivity index (χ1n) is 12.3. The number of pyridine rings is 1. The molecule has 0 aromatic carbocycles. The van der Waals surface area contributed by atoms with E-state index in [1.807, 2.05) is 13.8 Å². The van der Waals surface area contributed by atoms with Crippen molar-refractivity contribution in [2.24, 2.45) is 11.8 Å². The molecule has 2 amide bonds. The molecule has 3 aliphatic rings. The number of hydrogen-bond donors (Lipinski definition) is 3. The average Bonchev–Trinajstić information content (AvgIpc) is 3.40. The number of nitrogens with zero attached hydrogens (tertiary/aromatic N) is 2. The molecule has 0 aliphatic carbocycles. The number of hydrogen-bond acceptors (Lipinski definition) is 8. The van der Waals surface area contributed by atoms with Gasteiger partial charge in [0.15, 0.2) is 15.6 Å². The summed E-state index contributed by atoms with van der Waals surface area (Å²) in [5.41, 5.74) is 0.0226. The SMILES string of the molecule is CC(C)CC(CC(=O)N1CCNCC1)C(=O)N1C2=C(CC1S(=O)(=O)Cc1ccc[nH]c1=O)NCC2=O. The third-order valence-corrected chi connectivity index (χ3v) is 8.74. The summed E-state index contributed by atoms with van der Waals surface area (Å²) in [5.74, 6) is -2.32. The highest BCUT2D eigenvalue weighted by Crippen LogP contribution is 2.37. The van der Waals surface area contributed by atoms with Crippen molar-refractivity contribution in [1.29, 1.82) is 0 Å². The number of Topliss-reactive ketones (excluding diaryl/α,β-unsaturated/α-hetero) is 1. The Bertz CT molecular complexity index is 1230. The number of aromatic amines is 1. The Hall–Kier alpha value is -2.99. The molecule has 3 N–H and O–H groups in total. The van der Waals surface area contributed by atoms with Crippen molar-refractivity contribution < 1.29 is 22.8 Å². The van der Waals surface area contributed by atoms with E-state index in [-0.39, 0.29) is 48.3 Å². The number of ketones is 1. The number of rotatable bonds is 8. The zero-order valence-electron chi connectivity index (χ0n) is 20.6. The van der Waals surface area contributed by atoms with Crippen LogP contribution in [-0.4, -0.2) is 78.9 Å². The van der Waals surface area contributed by atoms with E-state index in [9.17, 15) is 27.6 Å². The van der Waals surface area contributed by atoms with Crippen LogP contribution >= 0.6 is 0 Å². The molecule has 1 fully saturated rings. The number of carbonyl (C=O) groups is 3. The van der Waals surface area contributed by atoms with Gasteiger partial charge in [0.25, 0.3) is 5.56 Å². The minimum atomic E-state index is -4.06. The van der Waals surface area contributed by atoms with Gasteiger partial charge in [0, 0.05) is 62.4 Å². The molecule has 2 atom stereocenters. The smallest absolute Gasteiger partial charge is 0.252 e. The molecule has 4 rings (SSSR count). The number of sulfone groups is 1. The lowest BCUT2D eigenvalue weighted by Crippen LogP contribution is -2.49. The zero-order chi connectivity index (χ0) is 26.0. The van der Waals surface area contributed by atoms with Crippen LogP contribution in [0.4, 0.5) is 0 Å². The Morgan fingerprint density at radius 2 is 1.89 bits per heavy atom. The second-order valence-electron chi connectivity index (χ2n) is 9.96. The van der Waals surface area contributed by atoms with Crippen molar-refractivity contribution in [1.82, 2.24) is 25.4 Å². The maximum absolute atomic E-state index is 14.0. The van der Waals surface area contributed by atoms with Crippen LogP contribution in [0.25, 0.3) is 0 Å². The highest BCUT2D eigenvalue weighted by molar-refractivity contribution is 7.91. The molecular weight excluding hydrogens is 486 g/mol. The zero-order valence-corrected chi connectivity index (χ0v) is 21.4. The maximum Gasteiger partial charge on any atom is 0.252 e. The summed E-state index contributed by atoms with van der Waals surface area (Å²) >= 11 is 0. The summed E-state index contributed by atoms with van der Waals surface area (Å²) < 4.78 is 27.1. The molecule has 36 heavy (non-hydrogen) atoms. The van der Waals surface area contributed by atoms with Crippen molar-refractivity contribution >= 4 is 27.4 Å². The van der Waals surface area contributed by atoms with Crippen LogP contribution in [0.2, 0.25) is 0 Å². The largest absolute Gasteiger partial charge is 0.379 e. The van der Waals surface area contributed by atoms with Gasteiger partial charge < -0.3 is 20.5 Å². The second kappa shape index (κ2) is 10.6. The molecule has 1 aromatic heterocycles. The summed E-state index contributed by atoms with van der Waals surface area (Å²) in [6, 6.07) is 2.96. The molecule has 3 aliphatic heterocycles. The molecule has 0 saturated carbocycles. The molecular formula is C24H33N5O6S. The molecule has 0 spiro atoms. The molecule has 12 heteroatoms. The molecule has 0 bridgehead atoms. The van der Waals surface area contributed by atoms with Crippen LogP contribution in [0.5, 0.6) is 0 Å². The van der Waals surface area contributed by atoms with E-state index in [1.165, 1.54) is 18.3 Å². The first-order valence-corrected chi connectivity index (χ1v) is 14.0. The highest BCUT2D eigenvalue weighted by Gasteiger charge is 2.49. The normalized spacial score (nSPS) is 21.1. The van der Waals surface area contributed by atoms with Crippen molar-refractivity contribution in [3.63, 3.8) is 0 Å². The van der Waals surface area contributed by atoms with Crippen LogP contribution in [0.15, 0.2) is 34.5 Å². The lowest BCUT2D eigenvalue weighted by atomic mass is 9.92. The van der Waals surface area contributed by atoms with E-state index in [4.69, 9.17) is 0 Å². The Labute approximate surface area is 210 Å². The number of carbonyl (C=O) groups excluding carboxylic acids is 3. The number of nitrogens with one attached hydrogen (secondary N) is 3. The summed E-state index contributed by atoms with van der Waals surface area (Å²) in [4.78, 5) is 57.1. The Kier molecular flexibility index (Phi) is 7.65. The number of aromatic nitrogens is 1. The van der Waals surface area contributed by atoms with Gasteiger partial charge in [0.05, 0.1) is 12.3 Å². The van der Waals surface area contributed by atoms with Gasteiger partial charge in [0.2, 0.25) is 11.8 Å². The lowest BCUT2D eigenvalue weighted by molar-refractivity contribution is -0.141. The standard InChI is InChI=1S/C24H33N5O6S/c1-15(2)10-17(11-20(31)28-8-6-25-7-9-28)24(33)29-21(12-18-22(29)19(30)13-27-18)36(34,35)14-16-4-3-5-26-23(16)32/h3-5,15,17,21,25,27H,6-14H2,1-2H3,(H,26,32). The fraction of sp³-hybridized carbons (Fsp3) is 0.583. The molecule has 0 radical (unpaired) electrons. The van der Waals surface area contributed by atoms with Crippen LogP contribution in [0, 0.1) is 11.8 Å². The molecule has 1 saturated heterocycles. The van der Waals surface area contributed by atoms with E-state index >= 15 is 0 Å². The average molecular weight is 520 g/mol. The second-order valence-corrected chi connectivity index (χ2v) is 12.1. The van der Waals surface area contributed by atoms with E-state index in [1.54, 1.807) is 4.90 Å². The highest BCUT2D eigenvalue weighted by atomic mass is 32.2. The predicted octanol–water partition coefficient (Wildman–Crippen LogP) is -0.284. The number of piperazine rings is 1. The van der Waals surface area contributed by atoms with Gasteiger partial charge in [-0.15, -0.1) is 0 Å². The molecule has 2 unspecified atom stereocenters. The van der Waals surface area contributed by atoms with E-state index in [0.29, 0.717) is 38.3 Å². The van der Waals surface area contributed by atoms with Gasteiger partial charge in [-0.05, 0) is 18.4 Å². The number of H-pyrrole nitrogens is 1. The van der Waals surface area contributed by atoms with E-state index < -0.39 is 38.3 Å². The Morgan fingerprint density at radius 1 is 1.17 bits per heavy atom. The lowest BCUT2D eigenvalue weighted by Gasteiger charge is -2.32. The minimum absolute atomic E-state index is 0.00583. The van der Waals surface area contributed by atoms with Crippen LogP contribution in [0.1, 0.15) is 38.7 Å². The topological polar surface area (TPSA) is 149 Å². The van der Waals surface area contributed by atoms with Gasteiger partial charge in [-0.2, -0.15) is 0 Å². The Balaban J connectivity index is 1.64. The minimum Gasteiger partial charge on any atom is -0.379 e. The van der Waals surface area contributed by atoms with Crippen molar-refractivity contribution in [3.05, 3.63) is 45.6 Å². The van der Waals surface area contributed by atoms with Gasteiger partial charge in [0.1, 0.15) is 11.1 Å². The van der Waals surface area contributed by atoms with Gasteiger partial charge in [-0.3, -0.25) is 24.1 Å². The third-order valence-electron chi connectivity index (χ3n) is 6.82. The summed E-state index contributed by atoms with van der Waals surface area (Å²) in [7, 11) is -4.06. The Morgan fingerprint density at radius 3 is 2.56 bits per heavy atom. The van der Waals surface area contributed by atoms with E-state index in [0.717, 1.165) is 4.90 Å².